The minimum Gasteiger partial charge on any atom is -0.302 e. The molecular weight excluding hydrogens is 348 g/mol. The van der Waals surface area contributed by atoms with Gasteiger partial charge in [-0.25, -0.2) is 4.98 Å². The van der Waals surface area contributed by atoms with Gasteiger partial charge in [-0.05, 0) is 48.6 Å². The summed E-state index contributed by atoms with van der Waals surface area (Å²) in [6.07, 6.45) is 2.37. The maximum absolute atomic E-state index is 12.2. The van der Waals surface area contributed by atoms with E-state index in [1.165, 1.54) is 16.2 Å². The summed E-state index contributed by atoms with van der Waals surface area (Å²) in [5.74, 6) is -0.0651. The molecule has 0 saturated carbocycles. The Morgan fingerprint density at radius 1 is 1.26 bits per heavy atom. The number of aromatic nitrogens is 1. The van der Waals surface area contributed by atoms with Crippen LogP contribution in [-0.4, -0.2) is 17.1 Å². The van der Waals surface area contributed by atoms with Gasteiger partial charge in [0.05, 0.1) is 16.6 Å². The molecule has 0 aliphatic rings. The highest BCUT2D eigenvalue weighted by Gasteiger charge is 2.11. The lowest BCUT2D eigenvalue weighted by Gasteiger charge is -2.03. The van der Waals surface area contributed by atoms with E-state index >= 15 is 0 Å². The molecule has 0 aliphatic heterocycles. The summed E-state index contributed by atoms with van der Waals surface area (Å²) >= 11 is 9.25. The molecule has 3 rings (SSSR count). The third-order valence-corrected chi connectivity index (χ3v) is 5.61. The molecule has 0 atom stereocenters. The SMILES string of the molecule is CSc1ccc(CC(=O)Nc2nc3c(C)c(Cl)ccc3s2)cc1. The van der Waals surface area contributed by atoms with Gasteiger partial charge >= 0.3 is 0 Å². The highest BCUT2D eigenvalue weighted by Crippen LogP contribution is 2.31. The van der Waals surface area contributed by atoms with E-state index in [0.717, 1.165) is 21.3 Å². The summed E-state index contributed by atoms with van der Waals surface area (Å²) in [6, 6.07) is 11.8. The highest BCUT2D eigenvalue weighted by atomic mass is 35.5. The number of nitrogens with zero attached hydrogens (tertiary/aromatic N) is 1. The van der Waals surface area contributed by atoms with Gasteiger partial charge in [0, 0.05) is 9.92 Å². The Morgan fingerprint density at radius 3 is 2.70 bits per heavy atom. The van der Waals surface area contributed by atoms with Crippen molar-refractivity contribution in [2.24, 2.45) is 0 Å². The smallest absolute Gasteiger partial charge is 0.230 e. The molecule has 1 amide bonds. The predicted molar refractivity (Wildman–Crippen MR) is 99.9 cm³/mol. The Labute approximate surface area is 148 Å². The number of benzene rings is 2. The largest absolute Gasteiger partial charge is 0.302 e. The fourth-order valence-corrected chi connectivity index (χ4v) is 3.75. The average molecular weight is 363 g/mol. The van der Waals surface area contributed by atoms with Crippen molar-refractivity contribution in [3.05, 3.63) is 52.5 Å². The van der Waals surface area contributed by atoms with Crippen LogP contribution in [0.2, 0.25) is 5.02 Å². The molecule has 118 valence electrons. The Hall–Kier alpha value is -1.56. The van der Waals surface area contributed by atoms with Crippen LogP contribution in [0.3, 0.4) is 0 Å². The van der Waals surface area contributed by atoms with Crippen LogP contribution >= 0.6 is 34.7 Å². The number of thiazole rings is 1. The Morgan fingerprint density at radius 2 is 2.00 bits per heavy atom. The number of thioether (sulfide) groups is 1. The zero-order valence-corrected chi connectivity index (χ0v) is 15.1. The van der Waals surface area contributed by atoms with E-state index in [9.17, 15) is 4.79 Å². The quantitative estimate of drug-likeness (QED) is 0.651. The van der Waals surface area contributed by atoms with Crippen molar-refractivity contribution in [1.29, 1.82) is 0 Å². The van der Waals surface area contributed by atoms with Crippen molar-refractivity contribution in [1.82, 2.24) is 4.98 Å². The molecule has 2 aromatic carbocycles. The van der Waals surface area contributed by atoms with Gasteiger partial charge in [-0.2, -0.15) is 0 Å². The van der Waals surface area contributed by atoms with Crippen LogP contribution in [0.15, 0.2) is 41.3 Å². The molecule has 1 heterocycles. The number of amides is 1. The van der Waals surface area contributed by atoms with E-state index in [-0.39, 0.29) is 5.91 Å². The normalized spacial score (nSPS) is 10.9. The molecule has 0 spiro atoms. The molecule has 0 bridgehead atoms. The maximum atomic E-state index is 12.2. The van der Waals surface area contributed by atoms with E-state index < -0.39 is 0 Å². The fraction of sp³-hybridized carbons (Fsp3) is 0.176. The van der Waals surface area contributed by atoms with Gasteiger partial charge in [-0.1, -0.05) is 35.1 Å². The second kappa shape index (κ2) is 6.91. The summed E-state index contributed by atoms with van der Waals surface area (Å²) in [4.78, 5) is 17.9. The minimum absolute atomic E-state index is 0.0651. The molecule has 1 aromatic heterocycles. The molecule has 0 fully saturated rings. The number of anilines is 1. The number of hydrogen-bond acceptors (Lipinski definition) is 4. The molecule has 1 N–H and O–H groups in total. The predicted octanol–water partition coefficient (Wildman–Crippen LogP) is 5.16. The van der Waals surface area contributed by atoms with E-state index in [0.29, 0.717) is 16.6 Å². The number of carbonyl (C=O) groups is 1. The van der Waals surface area contributed by atoms with Crippen LogP contribution in [0.5, 0.6) is 0 Å². The Bertz CT molecular complexity index is 859. The Balaban J connectivity index is 1.73. The number of fused-ring (bicyclic) bond motifs is 1. The topological polar surface area (TPSA) is 42.0 Å². The van der Waals surface area contributed by atoms with Crippen LogP contribution in [0, 0.1) is 6.92 Å². The standard InChI is InChI=1S/C17H15ClN2OS2/c1-10-13(18)7-8-14-16(10)20-17(23-14)19-15(21)9-11-3-5-12(22-2)6-4-11/h3-8H,9H2,1-2H3,(H,19,20,21). The van der Waals surface area contributed by atoms with Crippen molar-refractivity contribution >= 4 is 56.0 Å². The van der Waals surface area contributed by atoms with Gasteiger partial charge in [-0.15, -0.1) is 11.8 Å². The average Bonchev–Trinajstić information content (AvgIpc) is 2.95. The van der Waals surface area contributed by atoms with Crippen molar-refractivity contribution < 1.29 is 4.79 Å². The lowest BCUT2D eigenvalue weighted by atomic mass is 10.1. The minimum atomic E-state index is -0.0651. The van der Waals surface area contributed by atoms with Crippen molar-refractivity contribution in [3.8, 4) is 0 Å². The molecule has 3 aromatic rings. The number of carbonyl (C=O) groups excluding carboxylic acids is 1. The first-order chi connectivity index (χ1) is 11.1. The lowest BCUT2D eigenvalue weighted by Crippen LogP contribution is -2.14. The molecule has 23 heavy (non-hydrogen) atoms. The molecule has 0 saturated heterocycles. The first-order valence-electron chi connectivity index (χ1n) is 7.05. The van der Waals surface area contributed by atoms with Gasteiger partial charge in [0.25, 0.3) is 0 Å². The molecule has 3 nitrogen and oxygen atoms in total. The molecule has 0 radical (unpaired) electrons. The van der Waals surface area contributed by atoms with Crippen LogP contribution in [0.1, 0.15) is 11.1 Å². The van der Waals surface area contributed by atoms with Crippen LogP contribution in [0.4, 0.5) is 5.13 Å². The summed E-state index contributed by atoms with van der Waals surface area (Å²) in [6.45, 7) is 1.93. The van der Waals surface area contributed by atoms with Gasteiger partial charge in [0.15, 0.2) is 5.13 Å². The van der Waals surface area contributed by atoms with Gasteiger partial charge < -0.3 is 5.32 Å². The van der Waals surface area contributed by atoms with Crippen molar-refractivity contribution in [3.63, 3.8) is 0 Å². The highest BCUT2D eigenvalue weighted by molar-refractivity contribution is 7.98. The third-order valence-electron chi connectivity index (χ3n) is 3.52. The van der Waals surface area contributed by atoms with Crippen molar-refractivity contribution in [2.45, 2.75) is 18.2 Å². The second-order valence-corrected chi connectivity index (χ2v) is 7.43. The zero-order chi connectivity index (χ0) is 16.4. The fourth-order valence-electron chi connectivity index (χ4n) is 2.25. The van der Waals surface area contributed by atoms with Crippen LogP contribution in [0.25, 0.3) is 10.2 Å². The van der Waals surface area contributed by atoms with E-state index in [1.54, 1.807) is 11.8 Å². The zero-order valence-electron chi connectivity index (χ0n) is 12.7. The summed E-state index contributed by atoms with van der Waals surface area (Å²) in [5.41, 5.74) is 2.77. The van der Waals surface area contributed by atoms with Gasteiger partial charge in [0.1, 0.15) is 0 Å². The molecular formula is C17H15ClN2OS2. The Kier molecular flexibility index (Phi) is 4.90. The van der Waals surface area contributed by atoms with Gasteiger partial charge in [0.2, 0.25) is 5.91 Å². The number of hydrogen-bond donors (Lipinski definition) is 1. The number of halogens is 1. The van der Waals surface area contributed by atoms with Crippen LogP contribution in [-0.2, 0) is 11.2 Å². The van der Waals surface area contributed by atoms with Crippen LogP contribution < -0.4 is 5.32 Å². The first kappa shape index (κ1) is 16.3. The monoisotopic (exact) mass is 362 g/mol. The summed E-state index contributed by atoms with van der Waals surface area (Å²) in [7, 11) is 0. The second-order valence-electron chi connectivity index (χ2n) is 5.11. The maximum Gasteiger partial charge on any atom is 0.230 e. The number of aryl methyl sites for hydroxylation is 1. The molecule has 0 aliphatic carbocycles. The van der Waals surface area contributed by atoms with Crippen molar-refractivity contribution in [2.75, 3.05) is 11.6 Å². The summed E-state index contributed by atoms with van der Waals surface area (Å²) in [5, 5.41) is 4.17. The number of nitrogens with one attached hydrogen (secondary N) is 1. The van der Waals surface area contributed by atoms with E-state index in [1.807, 2.05) is 49.6 Å². The van der Waals surface area contributed by atoms with Gasteiger partial charge in [-0.3, -0.25) is 4.79 Å². The van der Waals surface area contributed by atoms with E-state index in [2.05, 4.69) is 10.3 Å². The van der Waals surface area contributed by atoms with E-state index in [4.69, 9.17) is 11.6 Å². The third kappa shape index (κ3) is 3.68. The summed E-state index contributed by atoms with van der Waals surface area (Å²) < 4.78 is 1.02. The first-order valence-corrected chi connectivity index (χ1v) is 9.47. The lowest BCUT2D eigenvalue weighted by molar-refractivity contribution is -0.115. The molecule has 6 heteroatoms. The molecule has 0 unspecified atom stereocenters. The number of rotatable bonds is 4.